The van der Waals surface area contributed by atoms with Crippen LogP contribution in [-0.4, -0.2) is 42.7 Å². The number of aryl methyl sites for hydroxylation is 3. The highest BCUT2D eigenvalue weighted by Gasteiger charge is 2.16. The van der Waals surface area contributed by atoms with Crippen molar-refractivity contribution in [3.63, 3.8) is 0 Å². The number of rotatable bonds is 14. The Bertz CT molecular complexity index is 1020. The highest BCUT2D eigenvalue weighted by Crippen LogP contribution is 2.33. The smallest absolute Gasteiger partial charge is 0.163 e. The molecule has 1 N–H and O–H groups in total. The van der Waals surface area contributed by atoms with Gasteiger partial charge in [-0.25, -0.2) is 4.68 Å². The number of pyridine rings is 1. The Morgan fingerprint density at radius 1 is 1.09 bits per heavy atom. The third-order valence-corrected chi connectivity index (χ3v) is 5.59. The minimum atomic E-state index is -0.152. The molecular formula is C25H33N5O3. The van der Waals surface area contributed by atoms with E-state index in [1.54, 1.807) is 18.3 Å². The number of phenols is 1. The lowest BCUT2D eigenvalue weighted by Gasteiger charge is -2.14. The number of Topliss-reactive ketones (excluding diaryl/α,β-unsaturated/α-hetero) is 1. The lowest BCUT2D eigenvalue weighted by Crippen LogP contribution is -2.09. The maximum Gasteiger partial charge on any atom is 0.163 e. The molecule has 3 rings (SSSR count). The van der Waals surface area contributed by atoms with E-state index in [0.29, 0.717) is 36.3 Å². The minimum Gasteiger partial charge on any atom is -0.507 e. The molecule has 0 bridgehead atoms. The molecule has 2 heterocycles. The van der Waals surface area contributed by atoms with Gasteiger partial charge in [0.15, 0.2) is 11.6 Å². The maximum atomic E-state index is 11.7. The Balaban J connectivity index is 1.43. The quantitative estimate of drug-likeness (QED) is 0.287. The number of ether oxygens (including phenoxy) is 1. The number of carbonyl (C=O) groups excluding carboxylic acids is 1. The van der Waals surface area contributed by atoms with Crippen molar-refractivity contribution in [1.29, 1.82) is 0 Å². The summed E-state index contributed by atoms with van der Waals surface area (Å²) in [6.07, 6.45) is 11.0. The van der Waals surface area contributed by atoms with Gasteiger partial charge in [0, 0.05) is 30.9 Å². The Morgan fingerprint density at radius 2 is 1.97 bits per heavy atom. The Labute approximate surface area is 195 Å². The largest absolute Gasteiger partial charge is 0.507 e. The second-order valence-electron chi connectivity index (χ2n) is 8.19. The number of tetrazole rings is 1. The molecule has 0 saturated carbocycles. The molecule has 3 aromatic rings. The summed E-state index contributed by atoms with van der Waals surface area (Å²) in [6.45, 7) is 4.77. The van der Waals surface area contributed by atoms with Crippen LogP contribution in [0.2, 0.25) is 0 Å². The molecule has 8 nitrogen and oxygen atoms in total. The van der Waals surface area contributed by atoms with Gasteiger partial charge in [-0.05, 0) is 73.2 Å². The Morgan fingerprint density at radius 3 is 2.73 bits per heavy atom. The lowest BCUT2D eigenvalue weighted by atomic mass is 10.0. The van der Waals surface area contributed by atoms with E-state index < -0.39 is 0 Å². The summed E-state index contributed by atoms with van der Waals surface area (Å²) >= 11 is 0. The molecule has 1 aromatic carbocycles. The molecule has 0 saturated heterocycles. The summed E-state index contributed by atoms with van der Waals surface area (Å²) < 4.78 is 7.82. The average molecular weight is 452 g/mol. The standard InChI is InChI=1S/C25H33N5O3/c1-3-9-22-23(14-13-21(19(2)31)25(22)32)33-17-8-12-24-27-28-29-30(24)16-6-4-5-10-20-11-7-15-26-18-20/h7,11,13-15,18,32H,3-6,8-10,12,16-17H2,1-2H3. The van der Waals surface area contributed by atoms with Crippen LogP contribution in [0.25, 0.3) is 0 Å². The van der Waals surface area contributed by atoms with Gasteiger partial charge in [0.2, 0.25) is 0 Å². The van der Waals surface area contributed by atoms with Gasteiger partial charge in [-0.1, -0.05) is 25.8 Å². The topological polar surface area (TPSA) is 103 Å². The van der Waals surface area contributed by atoms with Crippen molar-refractivity contribution in [2.24, 2.45) is 0 Å². The van der Waals surface area contributed by atoms with Gasteiger partial charge in [0.05, 0.1) is 12.2 Å². The van der Waals surface area contributed by atoms with Crippen molar-refractivity contribution in [3.05, 3.63) is 59.2 Å². The number of hydrogen-bond donors (Lipinski definition) is 1. The van der Waals surface area contributed by atoms with Crippen LogP contribution in [0, 0.1) is 0 Å². The molecule has 0 radical (unpaired) electrons. The number of benzene rings is 1. The fraction of sp³-hybridized carbons (Fsp3) is 0.480. The highest BCUT2D eigenvalue weighted by molar-refractivity contribution is 5.97. The van der Waals surface area contributed by atoms with E-state index >= 15 is 0 Å². The molecule has 0 unspecified atom stereocenters. The van der Waals surface area contributed by atoms with Crippen LogP contribution in [0.5, 0.6) is 11.5 Å². The number of aromatic nitrogens is 5. The third-order valence-electron chi connectivity index (χ3n) is 5.59. The van der Waals surface area contributed by atoms with E-state index in [-0.39, 0.29) is 11.5 Å². The Hall–Kier alpha value is -3.29. The van der Waals surface area contributed by atoms with Crippen molar-refractivity contribution in [2.45, 2.75) is 71.8 Å². The van der Waals surface area contributed by atoms with E-state index in [1.165, 1.54) is 12.5 Å². The number of nitrogens with zero attached hydrogens (tertiary/aromatic N) is 5. The van der Waals surface area contributed by atoms with Gasteiger partial charge in [0.1, 0.15) is 11.5 Å². The van der Waals surface area contributed by atoms with E-state index in [0.717, 1.165) is 50.9 Å². The van der Waals surface area contributed by atoms with Gasteiger partial charge >= 0.3 is 0 Å². The first-order valence-electron chi connectivity index (χ1n) is 11.7. The molecule has 2 aromatic heterocycles. The van der Waals surface area contributed by atoms with Gasteiger partial charge < -0.3 is 9.84 Å². The second-order valence-corrected chi connectivity index (χ2v) is 8.19. The summed E-state index contributed by atoms with van der Waals surface area (Å²) in [4.78, 5) is 15.9. The summed E-state index contributed by atoms with van der Waals surface area (Å²) in [5.74, 6) is 1.37. The molecule has 0 amide bonds. The molecule has 0 fully saturated rings. The van der Waals surface area contributed by atoms with Crippen molar-refractivity contribution in [1.82, 2.24) is 25.2 Å². The summed E-state index contributed by atoms with van der Waals surface area (Å²) in [5.41, 5.74) is 2.30. The summed E-state index contributed by atoms with van der Waals surface area (Å²) in [5, 5.41) is 22.6. The molecule has 0 spiro atoms. The van der Waals surface area contributed by atoms with Gasteiger partial charge in [0.25, 0.3) is 0 Å². The van der Waals surface area contributed by atoms with Crippen LogP contribution in [0.3, 0.4) is 0 Å². The SMILES string of the molecule is CCCc1c(OCCCc2nnnn2CCCCCc2cccnc2)ccc(C(C)=O)c1O. The number of hydrogen-bond acceptors (Lipinski definition) is 7. The molecule has 8 heteroatoms. The average Bonchev–Trinajstić information content (AvgIpc) is 3.26. The van der Waals surface area contributed by atoms with Gasteiger partial charge in [-0.2, -0.15) is 0 Å². The predicted octanol–water partition coefficient (Wildman–Crippen LogP) is 4.35. The molecule has 176 valence electrons. The molecule has 0 aliphatic rings. The van der Waals surface area contributed by atoms with Crippen molar-refractivity contribution in [3.8, 4) is 11.5 Å². The zero-order valence-electron chi connectivity index (χ0n) is 19.5. The summed E-state index contributed by atoms with van der Waals surface area (Å²) in [7, 11) is 0. The number of unbranched alkanes of at least 4 members (excludes halogenated alkanes) is 2. The number of carbonyl (C=O) groups is 1. The van der Waals surface area contributed by atoms with E-state index in [2.05, 4.69) is 26.6 Å². The molecule has 33 heavy (non-hydrogen) atoms. The zero-order valence-corrected chi connectivity index (χ0v) is 19.5. The first-order chi connectivity index (χ1) is 16.1. The van der Waals surface area contributed by atoms with Crippen molar-refractivity contribution >= 4 is 5.78 Å². The van der Waals surface area contributed by atoms with Crippen LogP contribution in [-0.2, 0) is 25.8 Å². The number of phenolic OH excluding ortho intramolecular Hbond substituents is 1. The fourth-order valence-corrected chi connectivity index (χ4v) is 3.83. The predicted molar refractivity (Wildman–Crippen MR) is 126 cm³/mol. The first kappa shape index (κ1) is 24.4. The van der Waals surface area contributed by atoms with Crippen molar-refractivity contribution < 1.29 is 14.6 Å². The van der Waals surface area contributed by atoms with Crippen molar-refractivity contribution in [2.75, 3.05) is 6.61 Å². The molecule has 0 aliphatic carbocycles. The zero-order chi connectivity index (χ0) is 23.5. The van der Waals surface area contributed by atoms with Gasteiger partial charge in [-0.15, -0.1) is 5.10 Å². The molecule has 0 aliphatic heterocycles. The summed E-state index contributed by atoms with van der Waals surface area (Å²) in [6, 6.07) is 7.48. The van der Waals surface area contributed by atoms with E-state index in [9.17, 15) is 9.90 Å². The lowest BCUT2D eigenvalue weighted by molar-refractivity contribution is 0.101. The maximum absolute atomic E-state index is 11.7. The fourth-order valence-electron chi connectivity index (χ4n) is 3.83. The Kier molecular flexibility index (Phi) is 9.35. The second kappa shape index (κ2) is 12.7. The highest BCUT2D eigenvalue weighted by atomic mass is 16.5. The van der Waals surface area contributed by atoms with E-state index in [4.69, 9.17) is 4.74 Å². The van der Waals surface area contributed by atoms with Crippen LogP contribution in [0.4, 0.5) is 0 Å². The minimum absolute atomic E-state index is 0.0364. The van der Waals surface area contributed by atoms with E-state index in [1.807, 2.05) is 23.9 Å². The van der Waals surface area contributed by atoms with Crippen LogP contribution in [0.15, 0.2) is 36.7 Å². The monoisotopic (exact) mass is 451 g/mol. The van der Waals surface area contributed by atoms with Crippen LogP contribution in [0.1, 0.15) is 73.3 Å². The van der Waals surface area contributed by atoms with Gasteiger partial charge in [-0.3, -0.25) is 9.78 Å². The molecular weight excluding hydrogens is 418 g/mol. The number of ketones is 1. The third kappa shape index (κ3) is 7.10. The number of aromatic hydroxyl groups is 1. The van der Waals surface area contributed by atoms with Crippen LogP contribution < -0.4 is 4.74 Å². The van der Waals surface area contributed by atoms with Crippen LogP contribution >= 0.6 is 0 Å². The first-order valence-corrected chi connectivity index (χ1v) is 11.7. The molecule has 0 atom stereocenters. The normalized spacial score (nSPS) is 11.0.